The maximum Gasteiger partial charge on any atom is 0.335 e. The largest absolute Gasteiger partial charge is 0.484 e. The summed E-state index contributed by atoms with van der Waals surface area (Å²) in [5.74, 6) is -1.84. The number of alkyl halides is 1. The predicted molar refractivity (Wildman–Crippen MR) is 153 cm³/mol. The highest BCUT2D eigenvalue weighted by atomic mass is 19.1. The van der Waals surface area contributed by atoms with Gasteiger partial charge in [0.25, 0.3) is 0 Å². The number of nitrogens with zero attached hydrogens (tertiary/aromatic N) is 5. The summed E-state index contributed by atoms with van der Waals surface area (Å²) >= 11 is 0. The second-order valence-corrected chi connectivity index (χ2v) is 11.6. The van der Waals surface area contributed by atoms with E-state index in [1.54, 1.807) is 18.2 Å². The van der Waals surface area contributed by atoms with Crippen molar-refractivity contribution in [3.05, 3.63) is 88.5 Å². The van der Waals surface area contributed by atoms with Crippen LogP contribution in [-0.4, -0.2) is 62.5 Å². The maximum atomic E-state index is 14.8. The van der Waals surface area contributed by atoms with Crippen LogP contribution in [0.5, 0.6) is 5.75 Å². The Morgan fingerprint density at radius 3 is 2.68 bits per heavy atom. The molecule has 9 nitrogen and oxygen atoms in total. The summed E-state index contributed by atoms with van der Waals surface area (Å²) in [5.41, 5.74) is 1.52. The van der Waals surface area contributed by atoms with Crippen LogP contribution in [0.2, 0.25) is 0 Å². The van der Waals surface area contributed by atoms with E-state index in [0.717, 1.165) is 12.5 Å². The predicted octanol–water partition coefficient (Wildman–Crippen LogP) is 5.15. The van der Waals surface area contributed by atoms with Crippen LogP contribution in [0.15, 0.2) is 48.5 Å². The summed E-state index contributed by atoms with van der Waals surface area (Å²) in [7, 11) is 0. The molecule has 2 aliphatic heterocycles. The minimum Gasteiger partial charge on any atom is -0.484 e. The number of imidazole rings is 1. The number of ether oxygens (including phenoxy) is 2. The van der Waals surface area contributed by atoms with Gasteiger partial charge in [0.05, 0.1) is 47.4 Å². The van der Waals surface area contributed by atoms with Gasteiger partial charge in [0, 0.05) is 30.3 Å². The first kappa shape index (κ1) is 29.6. The number of rotatable bonds is 10. The number of aromatic carboxylic acids is 1. The molecular weight excluding hydrogens is 575 g/mol. The van der Waals surface area contributed by atoms with E-state index in [9.17, 15) is 23.1 Å². The fourth-order valence-corrected chi connectivity index (χ4v) is 6.01. The SMILES string of the molecule is CC1(c2ccc(F)c(COc3ccc(C#N)cc3F)n2)C[C@@H](CF)N(Cc2nc3ccc(C(=O)O)cc3n2C[C@@H]2CCO2)C1. The molecule has 2 aromatic carbocycles. The highest BCUT2D eigenvalue weighted by Crippen LogP contribution is 2.39. The Labute approximate surface area is 251 Å². The quantitative estimate of drug-likeness (QED) is 0.264. The van der Waals surface area contributed by atoms with Crippen molar-refractivity contribution in [3.8, 4) is 11.8 Å². The molecule has 228 valence electrons. The van der Waals surface area contributed by atoms with Gasteiger partial charge >= 0.3 is 5.97 Å². The molecule has 0 aliphatic carbocycles. The number of likely N-dealkylation sites (tertiary alicyclic amines) is 1. The monoisotopic (exact) mass is 605 g/mol. The molecule has 12 heteroatoms. The summed E-state index contributed by atoms with van der Waals surface area (Å²) in [6, 6.07) is 12.8. The van der Waals surface area contributed by atoms with Gasteiger partial charge in [-0.05, 0) is 61.4 Å². The Hall–Kier alpha value is -4.47. The van der Waals surface area contributed by atoms with Gasteiger partial charge < -0.3 is 19.1 Å². The molecule has 0 amide bonds. The highest BCUT2D eigenvalue weighted by Gasteiger charge is 2.43. The van der Waals surface area contributed by atoms with Gasteiger partial charge in [0.1, 0.15) is 30.6 Å². The Morgan fingerprint density at radius 2 is 2.00 bits per heavy atom. The zero-order chi connectivity index (χ0) is 31.0. The molecule has 0 radical (unpaired) electrons. The van der Waals surface area contributed by atoms with E-state index >= 15 is 0 Å². The van der Waals surface area contributed by atoms with E-state index in [1.807, 2.05) is 22.5 Å². The number of hydrogen-bond acceptors (Lipinski definition) is 7. The van der Waals surface area contributed by atoms with Crippen LogP contribution in [0.1, 0.15) is 52.9 Å². The minimum atomic E-state index is -1.03. The highest BCUT2D eigenvalue weighted by molar-refractivity contribution is 5.92. The number of halogens is 3. The minimum absolute atomic E-state index is 0.0118. The second kappa shape index (κ2) is 11.9. The average Bonchev–Trinajstić information content (AvgIpc) is 3.50. The molecule has 44 heavy (non-hydrogen) atoms. The molecule has 3 atom stereocenters. The molecule has 0 saturated carbocycles. The molecule has 0 bridgehead atoms. The van der Waals surface area contributed by atoms with Crippen LogP contribution < -0.4 is 4.74 Å². The average molecular weight is 606 g/mol. The number of nitriles is 1. The van der Waals surface area contributed by atoms with Gasteiger partial charge in [-0.15, -0.1) is 0 Å². The lowest BCUT2D eigenvalue weighted by Gasteiger charge is -2.29. The van der Waals surface area contributed by atoms with E-state index in [1.165, 1.54) is 24.3 Å². The van der Waals surface area contributed by atoms with Crippen molar-refractivity contribution in [2.24, 2.45) is 0 Å². The van der Waals surface area contributed by atoms with Crippen LogP contribution in [0.3, 0.4) is 0 Å². The lowest BCUT2D eigenvalue weighted by molar-refractivity contribution is -0.0592. The number of carboxylic acids is 1. The van der Waals surface area contributed by atoms with Crippen molar-refractivity contribution >= 4 is 17.0 Å². The Balaban J connectivity index is 1.24. The van der Waals surface area contributed by atoms with Gasteiger partial charge in [0.2, 0.25) is 0 Å². The van der Waals surface area contributed by atoms with Crippen LogP contribution >= 0.6 is 0 Å². The Kier molecular flexibility index (Phi) is 8.00. The zero-order valence-electron chi connectivity index (χ0n) is 24.0. The molecule has 2 aromatic heterocycles. The first-order chi connectivity index (χ1) is 21.2. The topological polar surface area (TPSA) is 114 Å². The summed E-state index contributed by atoms with van der Waals surface area (Å²) < 4.78 is 56.6. The van der Waals surface area contributed by atoms with Crippen LogP contribution in [-0.2, 0) is 29.8 Å². The number of pyridine rings is 1. The molecule has 2 fully saturated rings. The Morgan fingerprint density at radius 1 is 1.18 bits per heavy atom. The van der Waals surface area contributed by atoms with E-state index in [0.29, 0.717) is 55.2 Å². The van der Waals surface area contributed by atoms with Gasteiger partial charge in [-0.3, -0.25) is 9.88 Å². The third-order valence-corrected chi connectivity index (χ3v) is 8.49. The standard InChI is InChI=1S/C32H30F3N5O4/c1-32(29-7-4-23(34)26(37-29)17-44-28-6-2-19(14-36)10-24(28)35)12-21(13-33)39(18-32)16-30-38-25-5-3-20(31(41)42)11-27(25)40(30)15-22-8-9-43-22/h2-7,10-11,21-22H,8-9,12-13,15-18H2,1H3,(H,41,42)/t21-,22-,32?/m0/s1. The van der Waals surface area contributed by atoms with E-state index in [2.05, 4.69) is 4.98 Å². The summed E-state index contributed by atoms with van der Waals surface area (Å²) in [4.78, 5) is 23.0. The number of benzene rings is 2. The molecule has 0 spiro atoms. The number of carbonyl (C=O) groups is 1. The molecule has 2 saturated heterocycles. The lowest BCUT2D eigenvalue weighted by Crippen LogP contribution is -2.35. The van der Waals surface area contributed by atoms with Crippen molar-refractivity contribution in [3.63, 3.8) is 0 Å². The summed E-state index contributed by atoms with van der Waals surface area (Å²) in [6.45, 7) is 2.90. The summed E-state index contributed by atoms with van der Waals surface area (Å²) in [6.07, 6.45) is 1.29. The number of fused-ring (bicyclic) bond motifs is 1. The van der Waals surface area contributed by atoms with Crippen LogP contribution in [0.4, 0.5) is 13.2 Å². The maximum absolute atomic E-state index is 14.8. The van der Waals surface area contributed by atoms with Crippen molar-refractivity contribution in [1.82, 2.24) is 19.4 Å². The van der Waals surface area contributed by atoms with Crippen molar-refractivity contribution in [2.45, 2.75) is 57.0 Å². The van der Waals surface area contributed by atoms with Gasteiger partial charge in [-0.2, -0.15) is 5.26 Å². The first-order valence-corrected chi connectivity index (χ1v) is 14.3. The molecule has 1 unspecified atom stereocenters. The molecule has 2 aliphatic rings. The molecule has 4 heterocycles. The molecular formula is C32H30F3N5O4. The van der Waals surface area contributed by atoms with Crippen molar-refractivity contribution < 1.29 is 32.5 Å². The fraction of sp³-hybridized carbons (Fsp3) is 0.375. The molecule has 4 aromatic rings. The first-order valence-electron chi connectivity index (χ1n) is 14.3. The van der Waals surface area contributed by atoms with E-state index < -0.39 is 35.7 Å². The van der Waals surface area contributed by atoms with Crippen molar-refractivity contribution in [2.75, 3.05) is 19.8 Å². The van der Waals surface area contributed by atoms with Crippen molar-refractivity contribution in [1.29, 1.82) is 5.26 Å². The zero-order valence-corrected chi connectivity index (χ0v) is 24.0. The Bertz CT molecular complexity index is 1770. The lowest BCUT2D eigenvalue weighted by atomic mass is 9.84. The van der Waals surface area contributed by atoms with Gasteiger partial charge in [0.15, 0.2) is 11.6 Å². The fourth-order valence-electron chi connectivity index (χ4n) is 6.01. The summed E-state index contributed by atoms with van der Waals surface area (Å²) in [5, 5.41) is 18.5. The van der Waals surface area contributed by atoms with Crippen LogP contribution in [0.25, 0.3) is 11.0 Å². The third-order valence-electron chi connectivity index (χ3n) is 8.49. The molecule has 1 N–H and O–H groups in total. The smallest absolute Gasteiger partial charge is 0.335 e. The molecule has 6 rings (SSSR count). The van der Waals surface area contributed by atoms with Gasteiger partial charge in [-0.25, -0.2) is 22.9 Å². The van der Waals surface area contributed by atoms with E-state index in [4.69, 9.17) is 19.7 Å². The normalized spacial score (nSPS) is 21.7. The second-order valence-electron chi connectivity index (χ2n) is 11.6. The third kappa shape index (κ3) is 5.73. The van der Waals surface area contributed by atoms with Crippen LogP contribution in [0, 0.1) is 23.0 Å². The number of hydrogen-bond donors (Lipinski definition) is 1. The number of aromatic nitrogens is 3. The number of carboxylic acid groups (broad SMARTS) is 1. The van der Waals surface area contributed by atoms with E-state index in [-0.39, 0.29) is 35.3 Å². The van der Waals surface area contributed by atoms with Gasteiger partial charge in [-0.1, -0.05) is 6.92 Å².